The van der Waals surface area contributed by atoms with E-state index in [-0.39, 0.29) is 30.1 Å². The zero-order valence-corrected chi connectivity index (χ0v) is 10.1. The SMILES string of the molecule is CC(Cc1ccc(F)cc1)NC1CC(=O)NC1=O. The van der Waals surface area contributed by atoms with Gasteiger partial charge >= 0.3 is 0 Å². The van der Waals surface area contributed by atoms with Crippen LogP contribution >= 0.6 is 0 Å². The van der Waals surface area contributed by atoms with Gasteiger partial charge in [-0.05, 0) is 31.0 Å². The summed E-state index contributed by atoms with van der Waals surface area (Å²) in [5, 5.41) is 5.35. The summed E-state index contributed by atoms with van der Waals surface area (Å²) in [4.78, 5) is 22.4. The van der Waals surface area contributed by atoms with Gasteiger partial charge in [-0.2, -0.15) is 0 Å². The molecule has 2 rings (SSSR count). The standard InChI is InChI=1S/C13H15FN2O2/c1-8(6-9-2-4-10(14)5-3-9)15-11-7-12(17)16-13(11)18/h2-5,8,11,15H,6-7H2,1H3,(H,16,17,18). The van der Waals surface area contributed by atoms with E-state index >= 15 is 0 Å². The van der Waals surface area contributed by atoms with Crippen LogP contribution in [0.1, 0.15) is 18.9 Å². The molecule has 0 bridgehead atoms. The summed E-state index contributed by atoms with van der Waals surface area (Å²) in [5.74, 6) is -0.780. The first-order valence-corrected chi connectivity index (χ1v) is 5.89. The van der Waals surface area contributed by atoms with Gasteiger partial charge in [0.05, 0.1) is 12.5 Å². The van der Waals surface area contributed by atoms with E-state index in [1.165, 1.54) is 12.1 Å². The first-order valence-electron chi connectivity index (χ1n) is 5.89. The molecule has 2 N–H and O–H groups in total. The number of benzene rings is 1. The molecule has 2 unspecified atom stereocenters. The van der Waals surface area contributed by atoms with Crippen LogP contribution in [0.3, 0.4) is 0 Å². The van der Waals surface area contributed by atoms with Crippen LogP contribution in [0.5, 0.6) is 0 Å². The number of carbonyl (C=O) groups excluding carboxylic acids is 2. The summed E-state index contributed by atoms with van der Waals surface area (Å²) >= 11 is 0. The molecule has 0 spiro atoms. The molecule has 0 radical (unpaired) electrons. The van der Waals surface area contributed by atoms with Gasteiger partial charge in [0, 0.05) is 6.04 Å². The first kappa shape index (κ1) is 12.7. The fourth-order valence-electron chi connectivity index (χ4n) is 2.06. The van der Waals surface area contributed by atoms with Crippen LogP contribution < -0.4 is 10.6 Å². The van der Waals surface area contributed by atoms with Crippen molar-refractivity contribution in [2.24, 2.45) is 0 Å². The minimum Gasteiger partial charge on any atom is -0.303 e. The molecular weight excluding hydrogens is 235 g/mol. The summed E-state index contributed by atoms with van der Waals surface area (Å²) in [6.07, 6.45) is 0.866. The third-order valence-electron chi connectivity index (χ3n) is 2.91. The molecule has 2 atom stereocenters. The van der Waals surface area contributed by atoms with E-state index in [2.05, 4.69) is 10.6 Å². The van der Waals surface area contributed by atoms with Crippen LogP contribution in [0.4, 0.5) is 4.39 Å². The fourth-order valence-corrected chi connectivity index (χ4v) is 2.06. The highest BCUT2D eigenvalue weighted by molar-refractivity contribution is 6.05. The van der Waals surface area contributed by atoms with Crippen molar-refractivity contribution in [1.29, 1.82) is 0 Å². The molecule has 0 saturated carbocycles. The second kappa shape index (κ2) is 5.27. The van der Waals surface area contributed by atoms with E-state index in [1.54, 1.807) is 12.1 Å². The van der Waals surface area contributed by atoms with E-state index in [4.69, 9.17) is 0 Å². The topological polar surface area (TPSA) is 58.2 Å². The molecule has 1 aromatic rings. The molecule has 2 amide bonds. The number of halogens is 1. The van der Waals surface area contributed by atoms with Crippen LogP contribution in [-0.4, -0.2) is 23.9 Å². The molecule has 1 heterocycles. The normalized spacial score (nSPS) is 20.9. The molecule has 1 aromatic carbocycles. The summed E-state index contributed by atoms with van der Waals surface area (Å²) in [6.45, 7) is 1.93. The summed E-state index contributed by atoms with van der Waals surface area (Å²) in [7, 11) is 0. The smallest absolute Gasteiger partial charge is 0.244 e. The second-order valence-electron chi connectivity index (χ2n) is 4.57. The van der Waals surface area contributed by atoms with Crippen LogP contribution in [0, 0.1) is 5.82 Å². The van der Waals surface area contributed by atoms with Crippen LogP contribution in [0.2, 0.25) is 0 Å². The highest BCUT2D eigenvalue weighted by Crippen LogP contribution is 2.08. The van der Waals surface area contributed by atoms with Gasteiger partial charge in [0.1, 0.15) is 5.82 Å². The van der Waals surface area contributed by atoms with Gasteiger partial charge in [0.2, 0.25) is 11.8 Å². The molecule has 18 heavy (non-hydrogen) atoms. The highest BCUT2D eigenvalue weighted by Gasteiger charge is 2.30. The minimum absolute atomic E-state index is 0.0390. The molecule has 0 aliphatic carbocycles. The number of nitrogens with one attached hydrogen (secondary N) is 2. The Balaban J connectivity index is 1.89. The number of hydrogen-bond donors (Lipinski definition) is 2. The molecule has 1 aliphatic rings. The Bertz CT molecular complexity index is 459. The van der Waals surface area contributed by atoms with Gasteiger partial charge in [-0.15, -0.1) is 0 Å². The van der Waals surface area contributed by atoms with Crippen molar-refractivity contribution in [2.75, 3.05) is 0 Å². The fraction of sp³-hybridized carbons (Fsp3) is 0.385. The molecule has 4 nitrogen and oxygen atoms in total. The third-order valence-corrected chi connectivity index (χ3v) is 2.91. The molecule has 96 valence electrons. The van der Waals surface area contributed by atoms with Gasteiger partial charge in [-0.25, -0.2) is 4.39 Å². The number of hydrogen-bond acceptors (Lipinski definition) is 3. The average molecular weight is 250 g/mol. The number of carbonyl (C=O) groups is 2. The maximum atomic E-state index is 12.7. The Morgan fingerprint density at radius 3 is 2.61 bits per heavy atom. The third kappa shape index (κ3) is 3.13. The Morgan fingerprint density at radius 1 is 1.39 bits per heavy atom. The molecule has 1 aliphatic heterocycles. The lowest BCUT2D eigenvalue weighted by Crippen LogP contribution is -2.42. The van der Waals surface area contributed by atoms with Crippen molar-refractivity contribution in [3.05, 3.63) is 35.6 Å². The molecule has 0 aromatic heterocycles. The maximum Gasteiger partial charge on any atom is 0.244 e. The van der Waals surface area contributed by atoms with E-state index < -0.39 is 6.04 Å². The first-order chi connectivity index (χ1) is 8.54. The summed E-state index contributed by atoms with van der Waals surface area (Å²) in [6, 6.07) is 5.84. The quantitative estimate of drug-likeness (QED) is 0.776. The predicted molar refractivity (Wildman–Crippen MR) is 64.3 cm³/mol. The van der Waals surface area contributed by atoms with Gasteiger partial charge in [-0.3, -0.25) is 14.9 Å². The Morgan fingerprint density at radius 2 is 2.06 bits per heavy atom. The van der Waals surface area contributed by atoms with Crippen LogP contribution in [0.25, 0.3) is 0 Å². The van der Waals surface area contributed by atoms with Gasteiger partial charge in [-0.1, -0.05) is 12.1 Å². The van der Waals surface area contributed by atoms with Crippen molar-refractivity contribution >= 4 is 11.8 Å². The Labute approximate surface area is 105 Å². The van der Waals surface area contributed by atoms with Crippen molar-refractivity contribution in [1.82, 2.24) is 10.6 Å². The number of amides is 2. The van der Waals surface area contributed by atoms with Crippen molar-refractivity contribution in [3.63, 3.8) is 0 Å². The number of rotatable bonds is 4. The average Bonchev–Trinajstić information content (AvgIpc) is 2.61. The lowest BCUT2D eigenvalue weighted by atomic mass is 10.1. The molecule has 1 fully saturated rings. The van der Waals surface area contributed by atoms with E-state index in [0.29, 0.717) is 6.42 Å². The second-order valence-corrected chi connectivity index (χ2v) is 4.57. The minimum atomic E-state index is -0.451. The van der Waals surface area contributed by atoms with Crippen LogP contribution in [-0.2, 0) is 16.0 Å². The van der Waals surface area contributed by atoms with Crippen molar-refractivity contribution in [2.45, 2.75) is 31.8 Å². The largest absolute Gasteiger partial charge is 0.303 e. The highest BCUT2D eigenvalue weighted by atomic mass is 19.1. The number of imide groups is 1. The van der Waals surface area contributed by atoms with E-state index in [9.17, 15) is 14.0 Å². The molecular formula is C13H15FN2O2. The van der Waals surface area contributed by atoms with Gasteiger partial charge in [0.25, 0.3) is 0 Å². The predicted octanol–water partition coefficient (Wildman–Crippen LogP) is 0.761. The van der Waals surface area contributed by atoms with Crippen LogP contribution in [0.15, 0.2) is 24.3 Å². The lowest BCUT2D eigenvalue weighted by Gasteiger charge is -2.17. The zero-order valence-electron chi connectivity index (χ0n) is 10.1. The lowest BCUT2D eigenvalue weighted by molar-refractivity contribution is -0.125. The molecule has 5 heteroatoms. The molecule has 1 saturated heterocycles. The van der Waals surface area contributed by atoms with Gasteiger partial charge < -0.3 is 5.32 Å². The summed E-state index contributed by atoms with van der Waals surface area (Å²) < 4.78 is 12.7. The monoisotopic (exact) mass is 250 g/mol. The maximum absolute atomic E-state index is 12.7. The van der Waals surface area contributed by atoms with Gasteiger partial charge in [0.15, 0.2) is 0 Å². The van der Waals surface area contributed by atoms with E-state index in [1.807, 2.05) is 6.92 Å². The van der Waals surface area contributed by atoms with Crippen molar-refractivity contribution in [3.8, 4) is 0 Å². The van der Waals surface area contributed by atoms with Crippen molar-refractivity contribution < 1.29 is 14.0 Å². The summed E-state index contributed by atoms with van der Waals surface area (Å²) in [5.41, 5.74) is 0.987. The van der Waals surface area contributed by atoms with E-state index in [0.717, 1.165) is 5.56 Å². The Kier molecular flexibility index (Phi) is 3.72. The Hall–Kier alpha value is -1.75. The zero-order chi connectivity index (χ0) is 13.1.